The molecular weight excluding hydrogens is 264 g/mol. The highest BCUT2D eigenvalue weighted by Gasteiger charge is 2.03. The molecule has 21 heavy (non-hydrogen) atoms. The van der Waals surface area contributed by atoms with Gasteiger partial charge in [0.15, 0.2) is 0 Å². The molecule has 2 rings (SSSR count). The van der Waals surface area contributed by atoms with Crippen molar-refractivity contribution in [2.75, 3.05) is 0 Å². The van der Waals surface area contributed by atoms with Crippen molar-refractivity contribution in [3.8, 4) is 6.07 Å². The third-order valence-electron chi connectivity index (χ3n) is 3.25. The summed E-state index contributed by atoms with van der Waals surface area (Å²) in [6, 6.07) is 16.3. The Hall–Kier alpha value is -2.67. The molecule has 1 radical (unpaired) electrons. The predicted molar refractivity (Wildman–Crippen MR) is 80.6 cm³/mol. The first kappa shape index (κ1) is 14.7. The van der Waals surface area contributed by atoms with Crippen LogP contribution in [0.25, 0.3) is 0 Å². The molecule has 0 aliphatic rings. The maximum Gasteiger partial charge on any atom is 0.269 e. The van der Waals surface area contributed by atoms with Crippen LogP contribution in [0.5, 0.6) is 0 Å². The highest BCUT2D eigenvalue weighted by atomic mass is 16.6. The molecular formula is C17H15N2O2. The number of rotatable bonds is 6. The number of nitriles is 1. The van der Waals surface area contributed by atoms with Gasteiger partial charge in [0, 0.05) is 12.1 Å². The van der Waals surface area contributed by atoms with E-state index >= 15 is 0 Å². The molecule has 0 aromatic heterocycles. The van der Waals surface area contributed by atoms with E-state index in [4.69, 9.17) is 5.26 Å². The van der Waals surface area contributed by atoms with Crippen LogP contribution in [0.3, 0.4) is 0 Å². The van der Waals surface area contributed by atoms with E-state index in [1.807, 2.05) is 24.3 Å². The number of aryl methyl sites for hydroxylation is 1. The summed E-state index contributed by atoms with van der Waals surface area (Å²) in [5, 5.41) is 19.3. The van der Waals surface area contributed by atoms with Crippen LogP contribution in [0.4, 0.5) is 5.69 Å². The van der Waals surface area contributed by atoms with Gasteiger partial charge in [-0.1, -0.05) is 24.3 Å². The normalized spacial score (nSPS) is 10.0. The van der Waals surface area contributed by atoms with Crippen molar-refractivity contribution in [3.63, 3.8) is 0 Å². The maximum absolute atomic E-state index is 10.6. The SMILES string of the molecule is N#Cc1ccc(CC[CH]Cc2ccc([N+](=O)[O-])cc2)cc1. The number of nitrogens with zero attached hydrogens (tertiary/aromatic N) is 2. The summed E-state index contributed by atoms with van der Waals surface area (Å²) in [6.45, 7) is 0. The predicted octanol–water partition coefficient (Wildman–Crippen LogP) is 3.85. The summed E-state index contributed by atoms with van der Waals surface area (Å²) in [5.41, 5.74) is 3.07. The highest BCUT2D eigenvalue weighted by Crippen LogP contribution is 2.14. The lowest BCUT2D eigenvalue weighted by Crippen LogP contribution is -1.92. The van der Waals surface area contributed by atoms with Crippen molar-refractivity contribution >= 4 is 5.69 Å². The molecule has 0 unspecified atom stereocenters. The van der Waals surface area contributed by atoms with Gasteiger partial charge in [-0.3, -0.25) is 10.1 Å². The van der Waals surface area contributed by atoms with Crippen LogP contribution in [-0.2, 0) is 12.8 Å². The van der Waals surface area contributed by atoms with Gasteiger partial charge in [-0.05, 0) is 48.9 Å². The fourth-order valence-electron chi connectivity index (χ4n) is 2.04. The van der Waals surface area contributed by atoms with Gasteiger partial charge in [0.05, 0.1) is 16.6 Å². The molecule has 0 heterocycles. The molecule has 0 aliphatic carbocycles. The Bertz CT molecular complexity index is 640. The summed E-state index contributed by atoms with van der Waals surface area (Å²) >= 11 is 0. The first-order valence-corrected chi connectivity index (χ1v) is 6.73. The first-order valence-electron chi connectivity index (χ1n) is 6.73. The molecule has 2 aromatic rings. The standard InChI is InChI=1S/C17H15N2O2/c18-13-16-7-5-14(6-8-16)3-1-2-4-15-9-11-17(12-10-15)19(20)21/h2,5-12H,1,3-4H2. The number of unbranched alkanes of at least 4 members (excludes halogenated alkanes) is 1. The molecule has 4 heteroatoms. The van der Waals surface area contributed by atoms with E-state index in [1.54, 1.807) is 12.1 Å². The molecule has 0 N–H and O–H groups in total. The molecule has 0 bridgehead atoms. The lowest BCUT2D eigenvalue weighted by atomic mass is 10.0. The molecule has 105 valence electrons. The molecule has 0 amide bonds. The van der Waals surface area contributed by atoms with Crippen LogP contribution >= 0.6 is 0 Å². The zero-order valence-electron chi connectivity index (χ0n) is 11.5. The van der Waals surface area contributed by atoms with Gasteiger partial charge in [0.2, 0.25) is 0 Å². The third-order valence-corrected chi connectivity index (χ3v) is 3.25. The van der Waals surface area contributed by atoms with Crippen LogP contribution in [0, 0.1) is 27.9 Å². The minimum Gasteiger partial charge on any atom is -0.258 e. The van der Waals surface area contributed by atoms with Crippen molar-refractivity contribution in [2.45, 2.75) is 19.3 Å². The molecule has 0 spiro atoms. The van der Waals surface area contributed by atoms with Crippen molar-refractivity contribution in [1.82, 2.24) is 0 Å². The first-order chi connectivity index (χ1) is 10.2. The molecule has 0 atom stereocenters. The van der Waals surface area contributed by atoms with E-state index in [-0.39, 0.29) is 5.69 Å². The Morgan fingerprint density at radius 3 is 2.24 bits per heavy atom. The fraction of sp³-hybridized carbons (Fsp3) is 0.176. The van der Waals surface area contributed by atoms with Gasteiger partial charge >= 0.3 is 0 Å². The Kier molecular flexibility index (Phi) is 5.05. The quantitative estimate of drug-likeness (QED) is 0.458. The molecule has 0 fully saturated rings. The maximum atomic E-state index is 10.6. The minimum absolute atomic E-state index is 0.122. The van der Waals surface area contributed by atoms with Gasteiger partial charge in [0.25, 0.3) is 5.69 Å². The van der Waals surface area contributed by atoms with Crippen molar-refractivity contribution in [2.24, 2.45) is 0 Å². The summed E-state index contributed by atoms with van der Waals surface area (Å²) in [4.78, 5) is 10.2. The van der Waals surface area contributed by atoms with Gasteiger partial charge in [-0.15, -0.1) is 0 Å². The minimum atomic E-state index is -0.390. The molecule has 0 saturated heterocycles. The van der Waals surface area contributed by atoms with Gasteiger partial charge in [0.1, 0.15) is 0 Å². The monoisotopic (exact) mass is 279 g/mol. The molecule has 2 aromatic carbocycles. The number of non-ortho nitro benzene ring substituents is 1. The highest BCUT2D eigenvalue weighted by molar-refractivity contribution is 5.33. The van der Waals surface area contributed by atoms with Crippen molar-refractivity contribution in [3.05, 3.63) is 81.8 Å². The summed E-state index contributed by atoms with van der Waals surface area (Å²) in [6.07, 6.45) is 4.83. The van der Waals surface area contributed by atoms with Gasteiger partial charge in [-0.2, -0.15) is 5.26 Å². The van der Waals surface area contributed by atoms with E-state index in [2.05, 4.69) is 12.5 Å². The summed E-state index contributed by atoms with van der Waals surface area (Å²) in [7, 11) is 0. The van der Waals surface area contributed by atoms with E-state index in [1.165, 1.54) is 17.7 Å². The van der Waals surface area contributed by atoms with Crippen LogP contribution < -0.4 is 0 Å². The van der Waals surface area contributed by atoms with Crippen molar-refractivity contribution in [1.29, 1.82) is 5.26 Å². The zero-order valence-corrected chi connectivity index (χ0v) is 11.5. The third kappa shape index (κ3) is 4.43. The average Bonchev–Trinajstić information content (AvgIpc) is 2.52. The number of hydrogen-bond acceptors (Lipinski definition) is 3. The van der Waals surface area contributed by atoms with E-state index in [9.17, 15) is 10.1 Å². The van der Waals surface area contributed by atoms with Crippen LogP contribution in [0.1, 0.15) is 23.1 Å². The Morgan fingerprint density at radius 1 is 1.05 bits per heavy atom. The van der Waals surface area contributed by atoms with Crippen LogP contribution in [0.15, 0.2) is 48.5 Å². The van der Waals surface area contributed by atoms with Crippen LogP contribution in [-0.4, -0.2) is 4.92 Å². The topological polar surface area (TPSA) is 66.9 Å². The number of nitro groups is 1. The Morgan fingerprint density at radius 2 is 1.67 bits per heavy atom. The number of nitro benzene ring substituents is 1. The van der Waals surface area contributed by atoms with Crippen LogP contribution in [0.2, 0.25) is 0 Å². The molecule has 0 saturated carbocycles. The van der Waals surface area contributed by atoms with E-state index in [0.717, 1.165) is 24.8 Å². The second kappa shape index (κ2) is 7.20. The lowest BCUT2D eigenvalue weighted by Gasteiger charge is -2.02. The van der Waals surface area contributed by atoms with Gasteiger partial charge < -0.3 is 0 Å². The summed E-state index contributed by atoms with van der Waals surface area (Å²) < 4.78 is 0. The number of benzene rings is 2. The number of hydrogen-bond donors (Lipinski definition) is 0. The van der Waals surface area contributed by atoms with E-state index < -0.39 is 4.92 Å². The molecule has 0 aliphatic heterocycles. The average molecular weight is 279 g/mol. The zero-order chi connectivity index (χ0) is 15.1. The lowest BCUT2D eigenvalue weighted by molar-refractivity contribution is -0.384. The smallest absolute Gasteiger partial charge is 0.258 e. The Balaban J connectivity index is 1.76. The summed E-state index contributed by atoms with van der Waals surface area (Å²) in [5.74, 6) is 0. The second-order valence-electron chi connectivity index (χ2n) is 4.76. The second-order valence-corrected chi connectivity index (χ2v) is 4.76. The van der Waals surface area contributed by atoms with Crippen molar-refractivity contribution < 1.29 is 4.92 Å². The van der Waals surface area contributed by atoms with Gasteiger partial charge in [-0.25, -0.2) is 0 Å². The molecule has 4 nitrogen and oxygen atoms in total. The van der Waals surface area contributed by atoms with E-state index in [0.29, 0.717) is 5.56 Å². The fourth-order valence-corrected chi connectivity index (χ4v) is 2.04. The largest absolute Gasteiger partial charge is 0.269 e. The Labute approximate surface area is 123 Å².